The fourth-order valence-electron chi connectivity index (χ4n) is 1.62. The summed E-state index contributed by atoms with van der Waals surface area (Å²) in [4.78, 5) is 17.3. The summed E-state index contributed by atoms with van der Waals surface area (Å²) in [5.74, 6) is -0.276. The average Bonchev–Trinajstić information content (AvgIpc) is 3.17. The lowest BCUT2D eigenvalue weighted by Crippen LogP contribution is -2.14. The first-order chi connectivity index (χ1) is 10.3. The largest absolute Gasteiger partial charge is 0.466 e. The van der Waals surface area contributed by atoms with Crippen molar-refractivity contribution in [3.05, 3.63) is 42.2 Å². The van der Waals surface area contributed by atoms with Gasteiger partial charge in [-0.3, -0.25) is 10.1 Å². The van der Waals surface area contributed by atoms with Crippen molar-refractivity contribution >= 4 is 11.9 Å². The third-order valence-corrected chi connectivity index (χ3v) is 2.59. The van der Waals surface area contributed by atoms with Crippen LogP contribution in [-0.2, 0) is 0 Å². The van der Waals surface area contributed by atoms with E-state index in [1.54, 1.807) is 0 Å². The number of anilines is 1. The Balaban J connectivity index is 1.75. The predicted molar refractivity (Wildman–Crippen MR) is 72.2 cm³/mol. The van der Waals surface area contributed by atoms with Crippen molar-refractivity contribution in [1.29, 1.82) is 0 Å². The van der Waals surface area contributed by atoms with Crippen molar-refractivity contribution in [2.24, 2.45) is 0 Å². The van der Waals surface area contributed by atoms with Gasteiger partial charge in [0.1, 0.15) is 0 Å². The summed E-state index contributed by atoms with van der Waals surface area (Å²) in [6, 6.07) is 9.42. The van der Waals surface area contributed by atoms with E-state index in [4.69, 9.17) is 4.74 Å². The van der Waals surface area contributed by atoms with E-state index in [0.29, 0.717) is 0 Å². The number of hydrogen-bond acceptors (Lipinski definition) is 6. The fraction of sp³-hybridized carbons (Fsp3) is 0.0833. The van der Waals surface area contributed by atoms with Crippen LogP contribution >= 0.6 is 0 Å². The number of nitrogens with zero attached hydrogens (tertiary/aromatic N) is 5. The Morgan fingerprint density at radius 2 is 2.14 bits per heavy atom. The Morgan fingerprint density at radius 3 is 2.86 bits per heavy atom. The first-order valence-electron chi connectivity index (χ1n) is 6.02. The molecule has 0 radical (unpaired) electrons. The summed E-state index contributed by atoms with van der Waals surface area (Å²) in [6.45, 7) is 0. The maximum Gasteiger partial charge on any atom is 0.336 e. The number of carbonyl (C=O) groups excluding carboxylic acids is 1. The minimum atomic E-state index is -0.448. The average molecular weight is 285 g/mol. The van der Waals surface area contributed by atoms with Crippen LogP contribution in [0, 0.1) is 0 Å². The van der Waals surface area contributed by atoms with Crippen molar-refractivity contribution in [1.82, 2.24) is 30.2 Å². The Hall–Kier alpha value is -3.23. The lowest BCUT2D eigenvalue weighted by Gasteiger charge is -1.98. The van der Waals surface area contributed by atoms with Crippen LogP contribution in [-0.4, -0.2) is 43.2 Å². The number of methoxy groups -OCH3 is 1. The number of benzene rings is 1. The number of carbonyl (C=O) groups is 1. The van der Waals surface area contributed by atoms with E-state index in [1.807, 2.05) is 30.3 Å². The molecular weight excluding hydrogens is 274 g/mol. The van der Waals surface area contributed by atoms with Gasteiger partial charge in [-0.15, -0.1) is 10.2 Å². The molecule has 0 saturated carbocycles. The smallest absolute Gasteiger partial charge is 0.336 e. The number of rotatable bonds is 4. The van der Waals surface area contributed by atoms with E-state index in [0.717, 1.165) is 5.69 Å². The summed E-state index contributed by atoms with van der Waals surface area (Å²) in [7, 11) is 1.43. The molecule has 0 atom stereocenters. The standard InChI is InChI=1S/C12H11N7O2/c1-21-12-15-11(16-17-12)14-10(20)9-7-13-19(18-9)8-5-3-2-4-6-8/h2-7H,1H3,(H2,14,15,16,17,20). The highest BCUT2D eigenvalue weighted by Crippen LogP contribution is 2.07. The number of para-hydroxylation sites is 1. The highest BCUT2D eigenvalue weighted by molar-refractivity contribution is 6.01. The van der Waals surface area contributed by atoms with Crippen LogP contribution in [0.5, 0.6) is 6.01 Å². The second-order valence-electron chi connectivity index (χ2n) is 3.98. The van der Waals surface area contributed by atoms with Crippen LogP contribution in [0.1, 0.15) is 10.5 Å². The predicted octanol–water partition coefficient (Wildman–Crippen LogP) is 0.646. The maximum absolute atomic E-state index is 12.0. The molecule has 0 aliphatic heterocycles. The normalized spacial score (nSPS) is 10.3. The molecule has 0 spiro atoms. The zero-order valence-corrected chi connectivity index (χ0v) is 11.0. The van der Waals surface area contributed by atoms with Gasteiger partial charge in [-0.1, -0.05) is 18.2 Å². The van der Waals surface area contributed by atoms with Gasteiger partial charge in [0, 0.05) is 0 Å². The lowest BCUT2D eigenvalue weighted by molar-refractivity contribution is 0.102. The van der Waals surface area contributed by atoms with Crippen molar-refractivity contribution in [2.75, 3.05) is 12.4 Å². The lowest BCUT2D eigenvalue weighted by atomic mass is 10.3. The Labute approximate surface area is 119 Å². The SMILES string of the molecule is COc1n[nH]c(NC(=O)c2cnn(-c3ccccc3)n2)n1. The summed E-state index contributed by atoms with van der Waals surface area (Å²) in [5.41, 5.74) is 0.923. The topological polar surface area (TPSA) is 111 Å². The molecule has 0 aliphatic carbocycles. The molecule has 0 bridgehead atoms. The van der Waals surface area contributed by atoms with Crippen molar-refractivity contribution < 1.29 is 9.53 Å². The number of ether oxygens (including phenoxy) is 1. The van der Waals surface area contributed by atoms with Gasteiger partial charge in [0.05, 0.1) is 19.0 Å². The van der Waals surface area contributed by atoms with Gasteiger partial charge in [-0.25, -0.2) is 5.10 Å². The first-order valence-corrected chi connectivity index (χ1v) is 6.02. The third-order valence-electron chi connectivity index (χ3n) is 2.59. The number of aromatic amines is 1. The van der Waals surface area contributed by atoms with E-state index >= 15 is 0 Å². The van der Waals surface area contributed by atoms with Gasteiger partial charge >= 0.3 is 6.01 Å². The molecule has 3 aromatic rings. The quantitative estimate of drug-likeness (QED) is 0.728. The van der Waals surface area contributed by atoms with E-state index in [2.05, 4.69) is 30.7 Å². The molecular formula is C12H11N7O2. The van der Waals surface area contributed by atoms with Gasteiger partial charge in [0.25, 0.3) is 5.91 Å². The van der Waals surface area contributed by atoms with Gasteiger partial charge in [-0.05, 0) is 12.1 Å². The summed E-state index contributed by atoms with van der Waals surface area (Å²) in [5, 5.41) is 16.9. The molecule has 3 rings (SSSR count). The van der Waals surface area contributed by atoms with E-state index in [-0.39, 0.29) is 17.7 Å². The summed E-state index contributed by atoms with van der Waals surface area (Å²) < 4.78 is 4.81. The number of nitrogens with one attached hydrogen (secondary N) is 2. The molecule has 0 aliphatic rings. The zero-order chi connectivity index (χ0) is 14.7. The number of hydrogen-bond donors (Lipinski definition) is 2. The number of amides is 1. The minimum absolute atomic E-state index is 0.137. The van der Waals surface area contributed by atoms with Crippen molar-refractivity contribution in [2.45, 2.75) is 0 Å². The molecule has 0 fully saturated rings. The molecule has 1 aromatic carbocycles. The van der Waals surface area contributed by atoms with Gasteiger partial charge in [-0.2, -0.15) is 14.9 Å². The Morgan fingerprint density at radius 1 is 1.33 bits per heavy atom. The van der Waals surface area contributed by atoms with Crippen LogP contribution in [0.3, 0.4) is 0 Å². The second-order valence-corrected chi connectivity index (χ2v) is 3.98. The molecule has 1 amide bonds. The van der Waals surface area contributed by atoms with E-state index in [1.165, 1.54) is 18.1 Å². The van der Waals surface area contributed by atoms with Crippen molar-refractivity contribution in [3.63, 3.8) is 0 Å². The number of aromatic nitrogens is 6. The highest BCUT2D eigenvalue weighted by Gasteiger charge is 2.14. The van der Waals surface area contributed by atoms with Crippen LogP contribution in [0.2, 0.25) is 0 Å². The molecule has 9 nitrogen and oxygen atoms in total. The first kappa shape index (κ1) is 12.8. The molecule has 2 heterocycles. The minimum Gasteiger partial charge on any atom is -0.466 e. The second kappa shape index (κ2) is 5.41. The fourth-order valence-corrected chi connectivity index (χ4v) is 1.62. The molecule has 0 unspecified atom stereocenters. The maximum atomic E-state index is 12.0. The molecule has 2 N–H and O–H groups in total. The number of H-pyrrole nitrogens is 1. The molecule has 2 aromatic heterocycles. The van der Waals surface area contributed by atoms with E-state index < -0.39 is 5.91 Å². The van der Waals surface area contributed by atoms with Gasteiger partial charge < -0.3 is 4.74 Å². The van der Waals surface area contributed by atoms with Crippen LogP contribution < -0.4 is 10.1 Å². The molecule has 0 saturated heterocycles. The van der Waals surface area contributed by atoms with E-state index in [9.17, 15) is 4.79 Å². The van der Waals surface area contributed by atoms with Gasteiger partial charge in [0.2, 0.25) is 5.95 Å². The highest BCUT2D eigenvalue weighted by atomic mass is 16.5. The van der Waals surface area contributed by atoms with Crippen molar-refractivity contribution in [3.8, 4) is 11.7 Å². The van der Waals surface area contributed by atoms with Crippen LogP contribution in [0.15, 0.2) is 36.5 Å². The van der Waals surface area contributed by atoms with Crippen LogP contribution in [0.25, 0.3) is 5.69 Å². The molecule has 106 valence electrons. The zero-order valence-electron chi connectivity index (χ0n) is 11.0. The molecule has 9 heteroatoms. The summed E-state index contributed by atoms with van der Waals surface area (Å²) in [6.07, 6.45) is 1.37. The Bertz CT molecular complexity index is 750. The van der Waals surface area contributed by atoms with Crippen LogP contribution in [0.4, 0.5) is 5.95 Å². The summed E-state index contributed by atoms with van der Waals surface area (Å²) >= 11 is 0. The third kappa shape index (κ3) is 2.71. The molecule has 21 heavy (non-hydrogen) atoms. The van der Waals surface area contributed by atoms with Gasteiger partial charge in [0.15, 0.2) is 5.69 Å². The Kier molecular flexibility index (Phi) is 3.29. The monoisotopic (exact) mass is 285 g/mol.